The second-order valence-electron chi connectivity index (χ2n) is 5.62. The molecule has 0 saturated heterocycles. The largest absolute Gasteiger partial charge is 0.508 e. The normalized spacial score (nSPS) is 11.7. The van der Waals surface area contributed by atoms with Crippen LogP contribution in [0.15, 0.2) is 30.3 Å². The number of aromatic hydroxyl groups is 1. The summed E-state index contributed by atoms with van der Waals surface area (Å²) in [5, 5.41) is 14.5. The number of fused-ring (bicyclic) bond motifs is 1. The van der Waals surface area contributed by atoms with Gasteiger partial charge in [-0.1, -0.05) is 70.1 Å². The van der Waals surface area contributed by atoms with Gasteiger partial charge in [-0.2, -0.15) is 0 Å². The second kappa shape index (κ2) is 5.79. The summed E-state index contributed by atoms with van der Waals surface area (Å²) < 4.78 is 0. The summed E-state index contributed by atoms with van der Waals surface area (Å²) in [6, 6.07) is 13.1. The first-order chi connectivity index (χ1) is 9.10. The van der Waals surface area contributed by atoms with Crippen molar-refractivity contribution in [2.75, 3.05) is 0 Å². The Labute approximate surface area is 117 Å². The predicted octanol–water partition coefficient (Wildman–Crippen LogP) is 4.14. The van der Waals surface area contributed by atoms with Gasteiger partial charge >= 0.3 is 0 Å². The molecule has 2 aromatic carbocycles. The maximum Gasteiger partial charge on any atom is 0.118 e. The third kappa shape index (κ3) is 2.55. The van der Waals surface area contributed by atoms with Crippen LogP contribution >= 0.6 is 0 Å². The summed E-state index contributed by atoms with van der Waals surface area (Å²) in [4.78, 5) is 0. The number of rotatable bonds is 4. The molecule has 19 heavy (non-hydrogen) atoms. The Morgan fingerprint density at radius 1 is 1.11 bits per heavy atom. The van der Waals surface area contributed by atoms with E-state index in [0.717, 1.165) is 5.56 Å². The minimum Gasteiger partial charge on any atom is -0.508 e. The van der Waals surface area contributed by atoms with E-state index >= 15 is 0 Å². The van der Waals surface area contributed by atoms with Crippen LogP contribution in [-0.2, 0) is 0 Å². The Morgan fingerprint density at radius 2 is 1.74 bits per heavy atom. The van der Waals surface area contributed by atoms with Crippen LogP contribution in [0.25, 0.3) is 10.8 Å². The van der Waals surface area contributed by atoms with E-state index in [4.69, 9.17) is 0 Å². The molecular weight excluding hydrogens is 248 g/mol. The first kappa shape index (κ1) is 14.1. The van der Waals surface area contributed by atoms with Gasteiger partial charge in [-0.3, -0.25) is 0 Å². The summed E-state index contributed by atoms with van der Waals surface area (Å²) in [5.41, 5.74) is 1.13. The molecule has 0 aliphatic carbocycles. The molecule has 2 rings (SSSR count). The van der Waals surface area contributed by atoms with Crippen LogP contribution in [0, 0.1) is 0 Å². The standard InChI is InChI=1S/C17H24OSi/c1-5-19(6-2)15-11-13-9-7-8-10-14(13)16(12(3)4)17(15)18/h7-12,18-19H,5-6H2,1-4H3. The molecule has 2 heteroatoms. The molecule has 0 atom stereocenters. The number of phenolic OH excluding ortho intramolecular Hbond substituents is 1. The van der Waals surface area contributed by atoms with Crippen molar-refractivity contribution in [2.24, 2.45) is 0 Å². The molecule has 0 fully saturated rings. The maximum atomic E-state index is 10.7. The van der Waals surface area contributed by atoms with Crippen molar-refractivity contribution in [2.45, 2.75) is 45.7 Å². The first-order valence-electron chi connectivity index (χ1n) is 7.34. The minimum absolute atomic E-state index is 0.355. The van der Waals surface area contributed by atoms with Crippen LogP contribution in [0.3, 0.4) is 0 Å². The van der Waals surface area contributed by atoms with Crippen LogP contribution in [-0.4, -0.2) is 13.9 Å². The minimum atomic E-state index is -1.02. The lowest BCUT2D eigenvalue weighted by Crippen LogP contribution is -2.29. The van der Waals surface area contributed by atoms with Crippen LogP contribution in [0.2, 0.25) is 12.1 Å². The lowest BCUT2D eigenvalue weighted by Gasteiger charge is -2.20. The highest BCUT2D eigenvalue weighted by molar-refractivity contribution is 6.74. The van der Waals surface area contributed by atoms with E-state index in [0.29, 0.717) is 11.7 Å². The smallest absolute Gasteiger partial charge is 0.118 e. The quantitative estimate of drug-likeness (QED) is 0.829. The molecule has 0 amide bonds. The number of hydrogen-bond donors (Lipinski definition) is 1. The zero-order chi connectivity index (χ0) is 14.0. The zero-order valence-corrected chi connectivity index (χ0v) is 13.6. The molecule has 0 aliphatic rings. The molecule has 0 unspecified atom stereocenters. The maximum absolute atomic E-state index is 10.7. The van der Waals surface area contributed by atoms with Crippen molar-refractivity contribution in [3.8, 4) is 5.75 Å². The highest BCUT2D eigenvalue weighted by Gasteiger charge is 2.20. The van der Waals surface area contributed by atoms with Gasteiger partial charge in [0, 0.05) is 5.56 Å². The van der Waals surface area contributed by atoms with Crippen LogP contribution < -0.4 is 5.19 Å². The molecule has 1 nitrogen and oxygen atoms in total. The third-order valence-corrected chi connectivity index (χ3v) is 7.38. The molecule has 0 spiro atoms. The predicted molar refractivity (Wildman–Crippen MR) is 87.4 cm³/mol. The topological polar surface area (TPSA) is 20.2 Å². The van der Waals surface area contributed by atoms with E-state index in [1.54, 1.807) is 0 Å². The summed E-state index contributed by atoms with van der Waals surface area (Å²) in [7, 11) is -1.02. The van der Waals surface area contributed by atoms with E-state index in [9.17, 15) is 5.11 Å². The van der Waals surface area contributed by atoms with Gasteiger partial charge in [-0.05, 0) is 21.9 Å². The summed E-state index contributed by atoms with van der Waals surface area (Å²) in [6.45, 7) is 8.84. The molecular formula is C17H24OSi. The van der Waals surface area contributed by atoms with Crippen molar-refractivity contribution in [1.82, 2.24) is 0 Å². The van der Waals surface area contributed by atoms with Crippen molar-refractivity contribution < 1.29 is 5.11 Å². The average Bonchev–Trinajstić information content (AvgIpc) is 2.40. The highest BCUT2D eigenvalue weighted by atomic mass is 28.3. The van der Waals surface area contributed by atoms with E-state index < -0.39 is 8.80 Å². The molecule has 0 heterocycles. The van der Waals surface area contributed by atoms with Gasteiger partial charge in [0.05, 0.1) is 8.80 Å². The second-order valence-corrected chi connectivity index (χ2v) is 9.27. The first-order valence-corrected chi connectivity index (χ1v) is 9.55. The summed E-state index contributed by atoms with van der Waals surface area (Å²) in [5.74, 6) is 0.933. The molecule has 0 radical (unpaired) electrons. The number of phenols is 1. The summed E-state index contributed by atoms with van der Waals surface area (Å²) in [6.07, 6.45) is 0. The van der Waals surface area contributed by atoms with Crippen molar-refractivity contribution >= 4 is 24.8 Å². The summed E-state index contributed by atoms with van der Waals surface area (Å²) >= 11 is 0. The Morgan fingerprint density at radius 3 is 2.32 bits per heavy atom. The van der Waals surface area contributed by atoms with Crippen LogP contribution in [0.4, 0.5) is 0 Å². The third-order valence-electron chi connectivity index (χ3n) is 4.09. The average molecular weight is 272 g/mol. The van der Waals surface area contributed by atoms with Gasteiger partial charge < -0.3 is 5.11 Å². The molecule has 0 bridgehead atoms. The molecule has 0 saturated carbocycles. The monoisotopic (exact) mass is 272 g/mol. The van der Waals surface area contributed by atoms with Gasteiger partial charge in [0.15, 0.2) is 0 Å². The SMILES string of the molecule is CC[SiH](CC)c1cc2ccccc2c(C(C)C)c1O. The highest BCUT2D eigenvalue weighted by Crippen LogP contribution is 2.32. The Hall–Kier alpha value is -1.28. The van der Waals surface area contributed by atoms with Gasteiger partial charge in [0.1, 0.15) is 5.75 Å². The zero-order valence-electron chi connectivity index (χ0n) is 12.4. The van der Waals surface area contributed by atoms with Crippen LogP contribution in [0.5, 0.6) is 5.75 Å². The Kier molecular flexibility index (Phi) is 4.30. The fourth-order valence-corrected chi connectivity index (χ4v) is 5.43. The molecule has 1 N–H and O–H groups in total. The molecule has 2 aromatic rings. The van der Waals surface area contributed by atoms with Gasteiger partial charge in [-0.25, -0.2) is 0 Å². The van der Waals surface area contributed by atoms with Crippen molar-refractivity contribution in [3.63, 3.8) is 0 Å². The molecule has 0 aliphatic heterocycles. The molecule has 0 aromatic heterocycles. The van der Waals surface area contributed by atoms with E-state index in [-0.39, 0.29) is 0 Å². The fraction of sp³-hybridized carbons (Fsp3) is 0.412. The van der Waals surface area contributed by atoms with E-state index in [2.05, 4.69) is 58.0 Å². The van der Waals surface area contributed by atoms with E-state index in [1.807, 2.05) is 0 Å². The molecule has 102 valence electrons. The van der Waals surface area contributed by atoms with Crippen LogP contribution in [0.1, 0.15) is 39.2 Å². The lowest BCUT2D eigenvalue weighted by atomic mass is 9.95. The fourth-order valence-electron chi connectivity index (χ4n) is 3.01. The number of benzene rings is 2. The van der Waals surface area contributed by atoms with Gasteiger partial charge in [-0.15, -0.1) is 0 Å². The van der Waals surface area contributed by atoms with Gasteiger partial charge in [0.25, 0.3) is 0 Å². The lowest BCUT2D eigenvalue weighted by molar-refractivity contribution is 0.470. The van der Waals surface area contributed by atoms with Crippen molar-refractivity contribution in [1.29, 1.82) is 0 Å². The van der Waals surface area contributed by atoms with Gasteiger partial charge in [0.2, 0.25) is 0 Å². The van der Waals surface area contributed by atoms with Crippen molar-refractivity contribution in [3.05, 3.63) is 35.9 Å². The number of hydrogen-bond acceptors (Lipinski definition) is 1. The Bertz CT molecular complexity index is 571. The Balaban J connectivity index is 2.76. The van der Waals surface area contributed by atoms with E-state index in [1.165, 1.54) is 28.0 Å².